The molecule has 0 aromatic carbocycles. The Bertz CT molecular complexity index is 474. The van der Waals surface area contributed by atoms with Crippen LogP contribution in [0.5, 0.6) is 0 Å². The molecule has 0 spiro atoms. The summed E-state index contributed by atoms with van der Waals surface area (Å²) < 4.78 is 11.8. The molecule has 6 nitrogen and oxygen atoms in total. The number of aliphatic imine (C=N–C) groups is 1. The lowest BCUT2D eigenvalue weighted by Crippen LogP contribution is -2.51. The molecule has 0 aliphatic carbocycles. The standard InChI is InChI=1S/C22H44N4O2.HI/c1-17(2)27-15-13-26-11-9-19(10-12-26)25-21(23-6)24-16-18-8-7-14-28-20(18)22(3,4)5;/h17-20H,7-16H2,1-6H3,(H2,23,24,25);1H. The van der Waals surface area contributed by atoms with Crippen LogP contribution in [0.2, 0.25) is 0 Å². The molecule has 2 saturated heterocycles. The molecule has 29 heavy (non-hydrogen) atoms. The third kappa shape index (κ3) is 9.70. The van der Waals surface area contributed by atoms with Gasteiger partial charge >= 0.3 is 0 Å². The molecule has 2 unspecified atom stereocenters. The minimum atomic E-state index is 0. The number of piperidine rings is 1. The molecule has 2 aliphatic heterocycles. The number of rotatable bonds is 7. The topological polar surface area (TPSA) is 58.1 Å². The van der Waals surface area contributed by atoms with Crippen molar-refractivity contribution in [2.75, 3.05) is 46.4 Å². The lowest BCUT2D eigenvalue weighted by molar-refractivity contribution is -0.0835. The number of nitrogens with one attached hydrogen (secondary N) is 2. The number of nitrogens with zero attached hydrogens (tertiary/aromatic N) is 2. The van der Waals surface area contributed by atoms with Gasteiger partial charge in [0.2, 0.25) is 0 Å². The van der Waals surface area contributed by atoms with Crippen molar-refractivity contribution in [1.29, 1.82) is 0 Å². The summed E-state index contributed by atoms with van der Waals surface area (Å²) in [6.45, 7) is 17.0. The van der Waals surface area contributed by atoms with Gasteiger partial charge in [-0.2, -0.15) is 0 Å². The first-order valence-electron chi connectivity index (χ1n) is 11.2. The molecule has 2 aliphatic rings. The van der Waals surface area contributed by atoms with Crippen molar-refractivity contribution >= 4 is 29.9 Å². The van der Waals surface area contributed by atoms with Crippen LogP contribution >= 0.6 is 24.0 Å². The summed E-state index contributed by atoms with van der Waals surface area (Å²) in [4.78, 5) is 6.97. The molecule has 0 amide bonds. The number of hydrogen-bond acceptors (Lipinski definition) is 4. The normalized spacial score (nSPS) is 25.0. The fourth-order valence-corrected chi connectivity index (χ4v) is 4.34. The van der Waals surface area contributed by atoms with E-state index >= 15 is 0 Å². The van der Waals surface area contributed by atoms with Gasteiger partial charge < -0.3 is 25.0 Å². The van der Waals surface area contributed by atoms with Gasteiger partial charge in [0.25, 0.3) is 0 Å². The maximum atomic E-state index is 6.11. The SMILES string of the molecule is CN=C(NCC1CCCOC1C(C)(C)C)NC1CCN(CCOC(C)C)CC1.I. The zero-order valence-electron chi connectivity index (χ0n) is 19.5. The second kappa shape index (κ2) is 13.3. The monoisotopic (exact) mass is 524 g/mol. The highest BCUT2D eigenvalue weighted by atomic mass is 127. The van der Waals surface area contributed by atoms with Gasteiger partial charge in [0.15, 0.2) is 5.96 Å². The average Bonchev–Trinajstić information content (AvgIpc) is 2.65. The molecule has 0 saturated carbocycles. The quantitative estimate of drug-likeness (QED) is 0.304. The Hall–Kier alpha value is -0.120. The molecule has 2 heterocycles. The fraction of sp³-hybridized carbons (Fsp3) is 0.955. The van der Waals surface area contributed by atoms with E-state index in [0.717, 1.165) is 64.6 Å². The van der Waals surface area contributed by atoms with Crippen molar-refractivity contribution in [2.45, 2.75) is 78.6 Å². The van der Waals surface area contributed by atoms with Crippen LogP contribution in [0.1, 0.15) is 60.3 Å². The van der Waals surface area contributed by atoms with E-state index in [1.165, 1.54) is 6.42 Å². The van der Waals surface area contributed by atoms with E-state index in [1.54, 1.807) is 0 Å². The summed E-state index contributed by atoms with van der Waals surface area (Å²) in [5.41, 5.74) is 0.176. The van der Waals surface area contributed by atoms with Crippen LogP contribution in [0.25, 0.3) is 0 Å². The van der Waals surface area contributed by atoms with Crippen LogP contribution < -0.4 is 10.6 Å². The highest BCUT2D eigenvalue weighted by Gasteiger charge is 2.35. The predicted octanol–water partition coefficient (Wildman–Crippen LogP) is 3.50. The second-order valence-electron chi connectivity index (χ2n) is 9.69. The fourth-order valence-electron chi connectivity index (χ4n) is 4.34. The summed E-state index contributed by atoms with van der Waals surface area (Å²) in [6, 6.07) is 0.495. The van der Waals surface area contributed by atoms with Crippen molar-refractivity contribution in [3.05, 3.63) is 0 Å². The molecular formula is C22H45IN4O2. The van der Waals surface area contributed by atoms with Gasteiger partial charge in [0.1, 0.15) is 0 Å². The molecule has 0 aromatic heterocycles. The molecule has 2 fully saturated rings. The summed E-state index contributed by atoms with van der Waals surface area (Å²) in [5.74, 6) is 1.47. The third-order valence-electron chi connectivity index (χ3n) is 5.84. The van der Waals surface area contributed by atoms with Gasteiger partial charge in [0, 0.05) is 51.8 Å². The van der Waals surface area contributed by atoms with E-state index < -0.39 is 0 Å². The van der Waals surface area contributed by atoms with E-state index in [0.29, 0.717) is 24.2 Å². The molecule has 2 N–H and O–H groups in total. The van der Waals surface area contributed by atoms with Crippen LogP contribution in [0.4, 0.5) is 0 Å². The first-order chi connectivity index (χ1) is 13.3. The first-order valence-corrected chi connectivity index (χ1v) is 11.2. The number of guanidine groups is 1. The van der Waals surface area contributed by atoms with Crippen LogP contribution in [0.15, 0.2) is 4.99 Å². The van der Waals surface area contributed by atoms with Crippen LogP contribution in [-0.2, 0) is 9.47 Å². The van der Waals surface area contributed by atoms with Crippen molar-refractivity contribution in [1.82, 2.24) is 15.5 Å². The van der Waals surface area contributed by atoms with E-state index in [4.69, 9.17) is 9.47 Å². The maximum Gasteiger partial charge on any atom is 0.191 e. The van der Waals surface area contributed by atoms with Gasteiger partial charge in [-0.05, 0) is 44.9 Å². The van der Waals surface area contributed by atoms with Crippen molar-refractivity contribution in [2.24, 2.45) is 16.3 Å². The third-order valence-corrected chi connectivity index (χ3v) is 5.84. The van der Waals surface area contributed by atoms with E-state index in [1.807, 2.05) is 7.05 Å². The van der Waals surface area contributed by atoms with Crippen molar-refractivity contribution in [3.8, 4) is 0 Å². The molecule has 0 radical (unpaired) electrons. The lowest BCUT2D eigenvalue weighted by Gasteiger charge is -2.40. The zero-order chi connectivity index (χ0) is 20.6. The van der Waals surface area contributed by atoms with Crippen LogP contribution in [-0.4, -0.2) is 75.5 Å². The largest absolute Gasteiger partial charge is 0.377 e. The lowest BCUT2D eigenvalue weighted by atomic mass is 9.78. The van der Waals surface area contributed by atoms with E-state index in [2.05, 4.69) is 55.1 Å². The highest BCUT2D eigenvalue weighted by molar-refractivity contribution is 14.0. The Labute approximate surface area is 196 Å². The maximum absolute atomic E-state index is 6.11. The summed E-state index contributed by atoms with van der Waals surface area (Å²) in [6.07, 6.45) is 5.32. The van der Waals surface area contributed by atoms with Gasteiger partial charge in [-0.25, -0.2) is 0 Å². The summed E-state index contributed by atoms with van der Waals surface area (Å²) >= 11 is 0. The van der Waals surface area contributed by atoms with Gasteiger partial charge in [0.05, 0.1) is 18.8 Å². The molecule has 2 rings (SSSR count). The van der Waals surface area contributed by atoms with E-state index in [-0.39, 0.29) is 29.4 Å². The zero-order valence-corrected chi connectivity index (χ0v) is 21.8. The Kier molecular flexibility index (Phi) is 12.4. The molecule has 172 valence electrons. The Balaban J connectivity index is 0.00000420. The Morgan fingerprint density at radius 3 is 2.48 bits per heavy atom. The second-order valence-corrected chi connectivity index (χ2v) is 9.69. The average molecular weight is 525 g/mol. The number of halogens is 1. The predicted molar refractivity (Wildman–Crippen MR) is 132 cm³/mol. The Morgan fingerprint density at radius 2 is 1.90 bits per heavy atom. The molecule has 0 aromatic rings. The van der Waals surface area contributed by atoms with Crippen molar-refractivity contribution in [3.63, 3.8) is 0 Å². The molecule has 2 atom stereocenters. The minimum Gasteiger partial charge on any atom is -0.377 e. The number of ether oxygens (including phenoxy) is 2. The van der Waals surface area contributed by atoms with E-state index in [9.17, 15) is 0 Å². The first kappa shape index (κ1) is 26.9. The number of likely N-dealkylation sites (tertiary alicyclic amines) is 1. The van der Waals surface area contributed by atoms with Crippen LogP contribution in [0, 0.1) is 11.3 Å². The van der Waals surface area contributed by atoms with Crippen molar-refractivity contribution < 1.29 is 9.47 Å². The number of hydrogen-bond donors (Lipinski definition) is 2. The minimum absolute atomic E-state index is 0. The molecular weight excluding hydrogens is 479 g/mol. The van der Waals surface area contributed by atoms with Crippen LogP contribution in [0.3, 0.4) is 0 Å². The summed E-state index contributed by atoms with van der Waals surface area (Å²) in [7, 11) is 1.87. The molecule has 7 heteroatoms. The van der Waals surface area contributed by atoms with Gasteiger partial charge in [-0.1, -0.05) is 20.8 Å². The molecule has 0 bridgehead atoms. The van der Waals surface area contributed by atoms with Gasteiger partial charge in [-0.15, -0.1) is 24.0 Å². The Morgan fingerprint density at radius 1 is 1.21 bits per heavy atom. The summed E-state index contributed by atoms with van der Waals surface area (Å²) in [5, 5.41) is 7.21. The highest BCUT2D eigenvalue weighted by Crippen LogP contribution is 2.33. The van der Waals surface area contributed by atoms with Gasteiger partial charge in [-0.3, -0.25) is 4.99 Å². The smallest absolute Gasteiger partial charge is 0.191 e.